The van der Waals surface area contributed by atoms with Gasteiger partial charge in [0.15, 0.2) is 0 Å². The molecule has 0 saturated carbocycles. The molecule has 1 N–H and O–H groups in total. The van der Waals surface area contributed by atoms with Crippen molar-refractivity contribution in [1.82, 2.24) is 20.3 Å². The van der Waals surface area contributed by atoms with Crippen LogP contribution in [0.1, 0.15) is 24.0 Å². The molecule has 0 saturated heterocycles. The largest absolute Gasteiger partial charge is 0.304 e. The van der Waals surface area contributed by atoms with Gasteiger partial charge in [0.2, 0.25) is 0 Å². The van der Waals surface area contributed by atoms with E-state index in [0.717, 1.165) is 24.5 Å². The number of aryl methyl sites for hydroxylation is 1. The molecule has 4 nitrogen and oxygen atoms in total. The summed E-state index contributed by atoms with van der Waals surface area (Å²) < 4.78 is 0. The Morgan fingerprint density at radius 3 is 2.53 bits per heavy atom. The third kappa shape index (κ3) is 3.32. The molecule has 0 radical (unpaired) electrons. The average molecular weight is 228 g/mol. The van der Waals surface area contributed by atoms with E-state index in [1.165, 1.54) is 5.56 Å². The van der Waals surface area contributed by atoms with Gasteiger partial charge in [0.05, 0.1) is 12.2 Å². The maximum Gasteiger partial charge on any atom is 0.141 e. The summed E-state index contributed by atoms with van der Waals surface area (Å²) in [6.07, 6.45) is 6.34. The first-order chi connectivity index (χ1) is 8.40. The lowest BCUT2D eigenvalue weighted by atomic mass is 10.1. The van der Waals surface area contributed by atoms with E-state index in [0.29, 0.717) is 6.54 Å². The summed E-state index contributed by atoms with van der Waals surface area (Å²) in [5, 5.41) is 3.31. The van der Waals surface area contributed by atoms with Gasteiger partial charge in [-0.3, -0.25) is 4.98 Å². The first-order valence-electron chi connectivity index (χ1n) is 5.79. The molecule has 2 heterocycles. The van der Waals surface area contributed by atoms with Gasteiger partial charge in [0.1, 0.15) is 5.82 Å². The van der Waals surface area contributed by atoms with E-state index in [4.69, 9.17) is 0 Å². The predicted octanol–water partition coefficient (Wildman–Crippen LogP) is 1.72. The van der Waals surface area contributed by atoms with Crippen LogP contribution in [0.3, 0.4) is 0 Å². The molecule has 0 amide bonds. The molecule has 2 aromatic heterocycles. The van der Waals surface area contributed by atoms with Crippen LogP contribution >= 0.6 is 0 Å². The minimum atomic E-state index is 0.667. The summed E-state index contributed by atoms with van der Waals surface area (Å²) in [6.45, 7) is 3.56. The van der Waals surface area contributed by atoms with Gasteiger partial charge in [-0.15, -0.1) is 0 Å². The van der Waals surface area contributed by atoms with Gasteiger partial charge in [-0.25, -0.2) is 9.97 Å². The summed E-state index contributed by atoms with van der Waals surface area (Å²) in [6, 6.07) is 5.91. The fraction of sp³-hybridized carbons (Fsp3) is 0.308. The Labute approximate surface area is 101 Å². The molecule has 0 aliphatic heterocycles. The van der Waals surface area contributed by atoms with Crippen LogP contribution < -0.4 is 5.32 Å². The number of rotatable bonds is 5. The fourth-order valence-electron chi connectivity index (χ4n) is 1.67. The molecule has 0 aromatic carbocycles. The summed E-state index contributed by atoms with van der Waals surface area (Å²) in [4.78, 5) is 12.7. The number of nitrogens with zero attached hydrogens (tertiary/aromatic N) is 3. The Hall–Kier alpha value is -1.81. The van der Waals surface area contributed by atoms with Crippen LogP contribution in [-0.4, -0.2) is 15.0 Å². The Morgan fingerprint density at radius 2 is 1.76 bits per heavy atom. The number of pyridine rings is 1. The highest BCUT2D eigenvalue weighted by atomic mass is 15.0. The fourth-order valence-corrected chi connectivity index (χ4v) is 1.67. The molecular weight excluding hydrogens is 212 g/mol. The molecular formula is C13H16N4. The average Bonchev–Trinajstić information content (AvgIpc) is 2.40. The molecule has 88 valence electrons. The van der Waals surface area contributed by atoms with Gasteiger partial charge in [-0.05, 0) is 24.1 Å². The van der Waals surface area contributed by atoms with E-state index in [1.807, 2.05) is 18.3 Å². The van der Waals surface area contributed by atoms with E-state index >= 15 is 0 Å². The third-order valence-electron chi connectivity index (χ3n) is 2.56. The van der Waals surface area contributed by atoms with Crippen molar-refractivity contribution < 1.29 is 0 Å². The van der Waals surface area contributed by atoms with Crippen molar-refractivity contribution in [3.05, 3.63) is 53.9 Å². The van der Waals surface area contributed by atoms with Crippen molar-refractivity contribution in [2.75, 3.05) is 0 Å². The highest BCUT2D eigenvalue weighted by Crippen LogP contribution is 2.05. The SMILES string of the molecule is CCc1cccnc1CNCc1ncccn1. The van der Waals surface area contributed by atoms with Crippen LogP contribution in [0, 0.1) is 0 Å². The van der Waals surface area contributed by atoms with Crippen molar-refractivity contribution in [1.29, 1.82) is 0 Å². The maximum absolute atomic E-state index is 4.38. The highest BCUT2D eigenvalue weighted by Gasteiger charge is 2.01. The Balaban J connectivity index is 1.90. The molecule has 0 bridgehead atoms. The Morgan fingerprint density at radius 1 is 1.00 bits per heavy atom. The van der Waals surface area contributed by atoms with Gasteiger partial charge in [-0.1, -0.05) is 13.0 Å². The zero-order valence-corrected chi connectivity index (χ0v) is 9.93. The molecule has 0 fully saturated rings. The summed E-state index contributed by atoms with van der Waals surface area (Å²) in [5.41, 5.74) is 2.39. The molecule has 4 heteroatoms. The standard InChI is InChI=1S/C13H16N4/c1-2-11-5-3-6-15-12(11)9-14-10-13-16-7-4-8-17-13/h3-8,14H,2,9-10H2,1H3. The Kier molecular flexibility index (Phi) is 4.16. The Bertz CT molecular complexity index is 456. The van der Waals surface area contributed by atoms with Gasteiger partial charge >= 0.3 is 0 Å². The molecule has 2 aromatic rings. The zero-order valence-electron chi connectivity index (χ0n) is 9.93. The second-order valence-electron chi connectivity index (χ2n) is 3.73. The topological polar surface area (TPSA) is 50.7 Å². The van der Waals surface area contributed by atoms with Gasteiger partial charge in [0, 0.05) is 25.1 Å². The molecule has 0 unspecified atom stereocenters. The highest BCUT2D eigenvalue weighted by molar-refractivity contribution is 5.19. The van der Waals surface area contributed by atoms with Crippen molar-refractivity contribution in [3.63, 3.8) is 0 Å². The van der Waals surface area contributed by atoms with E-state index in [2.05, 4.69) is 33.3 Å². The number of nitrogens with one attached hydrogen (secondary N) is 1. The minimum absolute atomic E-state index is 0.667. The van der Waals surface area contributed by atoms with Crippen molar-refractivity contribution in [3.8, 4) is 0 Å². The monoisotopic (exact) mass is 228 g/mol. The normalized spacial score (nSPS) is 10.4. The van der Waals surface area contributed by atoms with Crippen molar-refractivity contribution >= 4 is 0 Å². The van der Waals surface area contributed by atoms with Crippen molar-refractivity contribution in [2.24, 2.45) is 0 Å². The third-order valence-corrected chi connectivity index (χ3v) is 2.56. The number of aromatic nitrogens is 3. The lowest BCUT2D eigenvalue weighted by molar-refractivity contribution is 0.647. The van der Waals surface area contributed by atoms with Crippen LogP contribution in [0.2, 0.25) is 0 Å². The second-order valence-corrected chi connectivity index (χ2v) is 3.73. The zero-order chi connectivity index (χ0) is 11.9. The van der Waals surface area contributed by atoms with Crippen LogP contribution in [0.5, 0.6) is 0 Å². The van der Waals surface area contributed by atoms with Gasteiger partial charge < -0.3 is 5.32 Å². The lowest BCUT2D eigenvalue weighted by Crippen LogP contribution is -2.16. The summed E-state index contributed by atoms with van der Waals surface area (Å²) in [5.74, 6) is 0.807. The predicted molar refractivity (Wildman–Crippen MR) is 66.2 cm³/mol. The smallest absolute Gasteiger partial charge is 0.141 e. The minimum Gasteiger partial charge on any atom is -0.304 e. The first-order valence-corrected chi connectivity index (χ1v) is 5.79. The van der Waals surface area contributed by atoms with Gasteiger partial charge in [-0.2, -0.15) is 0 Å². The number of hydrogen-bond acceptors (Lipinski definition) is 4. The second kappa shape index (κ2) is 6.06. The van der Waals surface area contributed by atoms with Crippen LogP contribution in [0.15, 0.2) is 36.8 Å². The molecule has 0 aliphatic carbocycles. The first kappa shape index (κ1) is 11.7. The van der Waals surface area contributed by atoms with Crippen LogP contribution in [-0.2, 0) is 19.5 Å². The summed E-state index contributed by atoms with van der Waals surface area (Å²) in [7, 11) is 0. The molecule has 0 aliphatic rings. The van der Waals surface area contributed by atoms with Crippen LogP contribution in [0.4, 0.5) is 0 Å². The molecule has 0 atom stereocenters. The van der Waals surface area contributed by atoms with Crippen molar-refractivity contribution in [2.45, 2.75) is 26.4 Å². The van der Waals surface area contributed by atoms with E-state index in [9.17, 15) is 0 Å². The van der Waals surface area contributed by atoms with E-state index in [1.54, 1.807) is 12.4 Å². The van der Waals surface area contributed by atoms with E-state index < -0.39 is 0 Å². The van der Waals surface area contributed by atoms with Gasteiger partial charge in [0.25, 0.3) is 0 Å². The lowest BCUT2D eigenvalue weighted by Gasteiger charge is -2.07. The number of hydrogen-bond donors (Lipinski definition) is 1. The quantitative estimate of drug-likeness (QED) is 0.846. The summed E-state index contributed by atoms with van der Waals surface area (Å²) >= 11 is 0. The molecule has 2 rings (SSSR count). The molecule has 17 heavy (non-hydrogen) atoms. The maximum atomic E-state index is 4.38. The van der Waals surface area contributed by atoms with Crippen LogP contribution in [0.25, 0.3) is 0 Å². The molecule has 0 spiro atoms. The van der Waals surface area contributed by atoms with E-state index in [-0.39, 0.29) is 0 Å².